The number of benzene rings is 2. The Labute approximate surface area is 170 Å². The van der Waals surface area contributed by atoms with Crippen molar-refractivity contribution in [1.29, 1.82) is 0 Å². The molecule has 1 aromatic heterocycles. The third-order valence-corrected chi connectivity index (χ3v) is 3.74. The minimum atomic E-state index is -0.993. The molecule has 0 bridgehead atoms. The molecule has 1 amide bonds. The number of phenols is 1. The predicted octanol–water partition coefficient (Wildman–Crippen LogP) is 1.15. The number of aromatic hydroxyl groups is 1. The Morgan fingerprint density at radius 2 is 1.94 bits per heavy atom. The van der Waals surface area contributed by atoms with Crippen LogP contribution in [0.5, 0.6) is 5.75 Å². The Bertz CT molecular complexity index is 1190. The number of hydrogen-bond acceptors (Lipinski definition) is 10. The van der Waals surface area contributed by atoms with Crippen molar-refractivity contribution in [3.05, 3.63) is 68.0 Å². The van der Waals surface area contributed by atoms with Crippen LogP contribution in [-0.4, -0.2) is 47.3 Å². The van der Waals surface area contributed by atoms with Crippen molar-refractivity contribution < 1.29 is 24.1 Å². The molecule has 0 aliphatic rings. The fraction of sp³-hybridized carbons (Fsp3) is 0.0625. The average molecular weight is 430 g/mol. The number of nitro benzene ring substituents is 2. The lowest BCUT2D eigenvalue weighted by molar-refractivity contribution is -0.394. The van der Waals surface area contributed by atoms with E-state index in [1.54, 1.807) is 0 Å². The zero-order valence-corrected chi connectivity index (χ0v) is 15.2. The molecule has 0 atom stereocenters. The van der Waals surface area contributed by atoms with Gasteiger partial charge in [0.15, 0.2) is 0 Å². The van der Waals surface area contributed by atoms with Gasteiger partial charge in [0.2, 0.25) is 11.6 Å². The number of non-ortho nitro benzene ring substituents is 1. The molecule has 0 aliphatic carbocycles. The van der Waals surface area contributed by atoms with E-state index < -0.39 is 45.2 Å². The molecular weight excluding hydrogens is 419 g/mol. The van der Waals surface area contributed by atoms with Crippen LogP contribution in [0.2, 0.25) is 0 Å². The summed E-state index contributed by atoms with van der Waals surface area (Å²) in [5.41, 5.74) is 0.666. The van der Waals surface area contributed by atoms with Crippen molar-refractivity contribution in [3.8, 4) is 17.1 Å². The fourth-order valence-corrected chi connectivity index (χ4v) is 2.33. The van der Waals surface area contributed by atoms with Crippen molar-refractivity contribution in [3.63, 3.8) is 0 Å². The van der Waals surface area contributed by atoms with Crippen LogP contribution in [0.1, 0.15) is 5.56 Å². The van der Waals surface area contributed by atoms with Gasteiger partial charge in [-0.2, -0.15) is 9.90 Å². The second-order valence-electron chi connectivity index (χ2n) is 5.86. The number of tetrazole rings is 1. The molecule has 0 aliphatic heterocycles. The highest BCUT2D eigenvalue weighted by atomic mass is 19.1. The summed E-state index contributed by atoms with van der Waals surface area (Å²) in [5, 5.41) is 46.6. The molecule has 2 aromatic carbocycles. The van der Waals surface area contributed by atoms with E-state index in [1.165, 1.54) is 24.3 Å². The summed E-state index contributed by atoms with van der Waals surface area (Å²) in [6, 6.07) is 6.75. The quantitative estimate of drug-likeness (QED) is 0.314. The number of carbonyl (C=O) groups is 1. The highest BCUT2D eigenvalue weighted by Gasteiger charge is 2.23. The highest BCUT2D eigenvalue weighted by Crippen LogP contribution is 2.33. The van der Waals surface area contributed by atoms with E-state index in [2.05, 4.69) is 25.9 Å². The number of amides is 1. The minimum absolute atomic E-state index is 0.158. The lowest BCUT2D eigenvalue weighted by Crippen LogP contribution is -2.24. The second-order valence-corrected chi connectivity index (χ2v) is 5.86. The molecular formula is C16H11FN8O6. The van der Waals surface area contributed by atoms with E-state index in [9.17, 15) is 34.5 Å². The molecule has 158 valence electrons. The summed E-state index contributed by atoms with van der Waals surface area (Å²) in [5.74, 6) is -1.85. The molecule has 0 saturated carbocycles. The van der Waals surface area contributed by atoms with E-state index in [0.29, 0.717) is 11.6 Å². The van der Waals surface area contributed by atoms with E-state index in [1.807, 2.05) is 0 Å². The Balaban J connectivity index is 1.68. The largest absolute Gasteiger partial charge is 0.502 e. The van der Waals surface area contributed by atoms with Gasteiger partial charge in [-0.25, -0.2) is 9.82 Å². The first-order valence-corrected chi connectivity index (χ1v) is 8.26. The third-order valence-electron chi connectivity index (χ3n) is 3.74. The van der Waals surface area contributed by atoms with Crippen LogP contribution < -0.4 is 5.43 Å². The molecule has 0 saturated heterocycles. The number of nitro groups is 2. The first kappa shape index (κ1) is 20.9. The molecule has 31 heavy (non-hydrogen) atoms. The van der Waals surface area contributed by atoms with Gasteiger partial charge in [0.1, 0.15) is 12.4 Å². The summed E-state index contributed by atoms with van der Waals surface area (Å²) in [6.07, 6.45) is 0.811. The van der Waals surface area contributed by atoms with Crippen LogP contribution in [0.4, 0.5) is 15.8 Å². The maximum absolute atomic E-state index is 13.0. The molecule has 1 heterocycles. The zero-order chi connectivity index (χ0) is 22.5. The molecule has 14 nitrogen and oxygen atoms in total. The van der Waals surface area contributed by atoms with Crippen LogP contribution in [0, 0.1) is 26.0 Å². The molecule has 3 rings (SSSR count). The molecule has 0 radical (unpaired) electrons. The van der Waals surface area contributed by atoms with Crippen LogP contribution in [0.15, 0.2) is 41.5 Å². The van der Waals surface area contributed by atoms with Crippen molar-refractivity contribution in [2.45, 2.75) is 6.54 Å². The van der Waals surface area contributed by atoms with Crippen molar-refractivity contribution in [2.24, 2.45) is 5.10 Å². The lowest BCUT2D eigenvalue weighted by Gasteiger charge is -2.01. The Hall–Kier alpha value is -4.82. The first-order valence-electron chi connectivity index (χ1n) is 8.26. The maximum atomic E-state index is 13.0. The van der Waals surface area contributed by atoms with Gasteiger partial charge in [0, 0.05) is 11.6 Å². The smallest absolute Gasteiger partial charge is 0.318 e. The molecule has 0 unspecified atom stereocenters. The van der Waals surface area contributed by atoms with Crippen molar-refractivity contribution in [1.82, 2.24) is 25.6 Å². The predicted molar refractivity (Wildman–Crippen MR) is 100 cm³/mol. The standard InChI is InChI=1S/C16H11FN8O6/c17-11-3-1-9(2-4-11)16-20-22-23(21-16)8-14(26)19-18-7-10-5-12(24(28)29)6-13(15(10)27)25(30)31/h1-7,27H,8H2,(H,19,26)/b18-7+. The second kappa shape index (κ2) is 8.68. The topological polar surface area (TPSA) is 192 Å². The molecule has 2 N–H and O–H groups in total. The van der Waals surface area contributed by atoms with Gasteiger partial charge >= 0.3 is 5.69 Å². The summed E-state index contributed by atoms with van der Waals surface area (Å²) in [7, 11) is 0. The lowest BCUT2D eigenvalue weighted by atomic mass is 10.1. The van der Waals surface area contributed by atoms with Crippen LogP contribution in [0.3, 0.4) is 0 Å². The highest BCUT2D eigenvalue weighted by molar-refractivity contribution is 5.88. The number of phenolic OH excluding ortho intramolecular Hbond substituents is 1. The molecule has 0 fully saturated rings. The average Bonchev–Trinajstić information content (AvgIpc) is 3.17. The Kier molecular flexibility index (Phi) is 5.85. The van der Waals surface area contributed by atoms with Gasteiger partial charge in [-0.3, -0.25) is 25.0 Å². The number of nitrogens with one attached hydrogen (secondary N) is 1. The number of halogens is 1. The van der Waals surface area contributed by atoms with Crippen LogP contribution in [0.25, 0.3) is 11.4 Å². The van der Waals surface area contributed by atoms with Gasteiger partial charge in [0.25, 0.3) is 11.6 Å². The van der Waals surface area contributed by atoms with Crippen molar-refractivity contribution >= 4 is 23.5 Å². The molecule has 3 aromatic rings. The summed E-state index contributed by atoms with van der Waals surface area (Å²) < 4.78 is 13.0. The van der Waals surface area contributed by atoms with Crippen LogP contribution in [-0.2, 0) is 11.3 Å². The van der Waals surface area contributed by atoms with Gasteiger partial charge in [-0.05, 0) is 29.5 Å². The zero-order valence-electron chi connectivity index (χ0n) is 15.2. The van der Waals surface area contributed by atoms with E-state index in [4.69, 9.17) is 0 Å². The van der Waals surface area contributed by atoms with E-state index in [0.717, 1.165) is 17.1 Å². The van der Waals surface area contributed by atoms with Gasteiger partial charge < -0.3 is 5.11 Å². The number of rotatable bonds is 7. The van der Waals surface area contributed by atoms with Gasteiger partial charge in [-0.1, -0.05) is 0 Å². The van der Waals surface area contributed by atoms with Crippen molar-refractivity contribution in [2.75, 3.05) is 0 Å². The molecule has 15 heteroatoms. The number of hydrazone groups is 1. The van der Waals surface area contributed by atoms with Gasteiger partial charge in [0.05, 0.1) is 27.7 Å². The SMILES string of the molecule is O=C(Cn1nnc(-c2ccc(F)cc2)n1)N/N=C/c1cc([N+](=O)[O-])cc([N+](=O)[O-])c1O. The Morgan fingerprint density at radius 1 is 1.23 bits per heavy atom. The maximum Gasteiger partial charge on any atom is 0.318 e. The Morgan fingerprint density at radius 3 is 2.58 bits per heavy atom. The summed E-state index contributed by atoms with van der Waals surface area (Å²) >= 11 is 0. The van der Waals surface area contributed by atoms with Crippen LogP contribution >= 0.6 is 0 Å². The normalized spacial score (nSPS) is 10.9. The van der Waals surface area contributed by atoms with E-state index in [-0.39, 0.29) is 11.4 Å². The number of carbonyl (C=O) groups excluding carboxylic acids is 1. The monoisotopic (exact) mass is 430 g/mol. The van der Waals surface area contributed by atoms with Gasteiger partial charge in [-0.15, -0.1) is 10.2 Å². The third kappa shape index (κ3) is 4.97. The number of hydrogen-bond donors (Lipinski definition) is 2. The molecule has 0 spiro atoms. The number of nitrogens with zero attached hydrogens (tertiary/aromatic N) is 7. The van der Waals surface area contributed by atoms with E-state index >= 15 is 0 Å². The fourth-order valence-electron chi connectivity index (χ4n) is 2.33. The number of aromatic nitrogens is 4. The minimum Gasteiger partial charge on any atom is -0.502 e. The summed E-state index contributed by atoms with van der Waals surface area (Å²) in [6.45, 7) is -0.410. The summed E-state index contributed by atoms with van der Waals surface area (Å²) in [4.78, 5) is 32.8. The first-order chi connectivity index (χ1) is 14.7.